The first-order valence-electron chi connectivity index (χ1n) is 4.78. The summed E-state index contributed by atoms with van der Waals surface area (Å²) in [6.45, 7) is 1.95. The molecule has 16 heavy (non-hydrogen) atoms. The average molecular weight is 282 g/mol. The smallest absolute Gasteiger partial charge is 0.143 e. The van der Waals surface area contributed by atoms with Gasteiger partial charge >= 0.3 is 0 Å². The second-order valence-corrected chi connectivity index (χ2v) is 4.30. The van der Waals surface area contributed by atoms with E-state index in [0.717, 1.165) is 26.7 Å². The number of hydrogen-bond acceptors (Lipinski definition) is 4. The van der Waals surface area contributed by atoms with E-state index in [9.17, 15) is 0 Å². The van der Waals surface area contributed by atoms with Gasteiger partial charge in [-0.1, -0.05) is 0 Å². The van der Waals surface area contributed by atoms with E-state index in [1.165, 1.54) is 0 Å². The number of anilines is 1. The van der Waals surface area contributed by atoms with Crippen molar-refractivity contribution in [3.8, 4) is 5.75 Å². The second kappa shape index (κ2) is 4.27. The second-order valence-electron chi connectivity index (χ2n) is 3.44. The van der Waals surface area contributed by atoms with Crippen LogP contribution in [0.4, 0.5) is 5.82 Å². The van der Waals surface area contributed by atoms with Gasteiger partial charge in [0, 0.05) is 9.86 Å². The minimum absolute atomic E-state index is 0.668. The number of nitrogens with one attached hydrogen (secondary N) is 1. The first-order valence-corrected chi connectivity index (χ1v) is 5.57. The number of aryl methyl sites for hydroxylation is 1. The van der Waals surface area contributed by atoms with Gasteiger partial charge in [0.25, 0.3) is 0 Å². The molecule has 1 aromatic carbocycles. The SMILES string of the molecule is COc1ccc(Br)c2nc(NN)c(C)cc12. The van der Waals surface area contributed by atoms with Crippen LogP contribution in [0.5, 0.6) is 5.75 Å². The molecule has 0 aliphatic heterocycles. The molecule has 3 N–H and O–H groups in total. The fourth-order valence-corrected chi connectivity index (χ4v) is 2.06. The van der Waals surface area contributed by atoms with Crippen molar-refractivity contribution in [3.63, 3.8) is 0 Å². The molecule has 1 aromatic heterocycles. The summed E-state index contributed by atoms with van der Waals surface area (Å²) in [7, 11) is 1.65. The predicted molar refractivity (Wildman–Crippen MR) is 68.5 cm³/mol. The minimum atomic E-state index is 0.668. The summed E-state index contributed by atoms with van der Waals surface area (Å²) in [5, 5.41) is 0.966. The number of nitrogens with two attached hydrogens (primary N) is 1. The molecular weight excluding hydrogens is 270 g/mol. The molecule has 1 heterocycles. The third-order valence-electron chi connectivity index (χ3n) is 2.44. The lowest BCUT2D eigenvalue weighted by Gasteiger charge is -2.10. The van der Waals surface area contributed by atoms with Crippen molar-refractivity contribution in [1.82, 2.24) is 4.98 Å². The van der Waals surface area contributed by atoms with Crippen LogP contribution >= 0.6 is 15.9 Å². The van der Waals surface area contributed by atoms with Gasteiger partial charge in [-0.2, -0.15) is 0 Å². The Morgan fingerprint density at radius 3 is 2.81 bits per heavy atom. The molecule has 0 bridgehead atoms. The zero-order chi connectivity index (χ0) is 11.7. The van der Waals surface area contributed by atoms with Gasteiger partial charge in [-0.05, 0) is 46.6 Å². The highest BCUT2D eigenvalue weighted by atomic mass is 79.9. The van der Waals surface area contributed by atoms with Gasteiger partial charge in [0.2, 0.25) is 0 Å². The summed E-state index contributed by atoms with van der Waals surface area (Å²) in [5.74, 6) is 6.87. The Morgan fingerprint density at radius 1 is 1.44 bits per heavy atom. The Hall–Kier alpha value is -1.33. The number of ether oxygens (including phenoxy) is 1. The van der Waals surface area contributed by atoms with E-state index in [4.69, 9.17) is 10.6 Å². The van der Waals surface area contributed by atoms with Gasteiger partial charge in [-0.3, -0.25) is 0 Å². The Bertz CT molecular complexity index is 542. The van der Waals surface area contributed by atoms with Gasteiger partial charge in [0.1, 0.15) is 11.6 Å². The zero-order valence-electron chi connectivity index (χ0n) is 9.04. The van der Waals surface area contributed by atoms with Crippen LogP contribution < -0.4 is 16.0 Å². The van der Waals surface area contributed by atoms with Crippen molar-refractivity contribution in [2.24, 2.45) is 5.84 Å². The highest BCUT2D eigenvalue weighted by molar-refractivity contribution is 9.10. The quantitative estimate of drug-likeness (QED) is 0.656. The van der Waals surface area contributed by atoms with Crippen LogP contribution in [0, 0.1) is 6.92 Å². The normalized spacial score (nSPS) is 10.5. The molecule has 0 radical (unpaired) electrons. The van der Waals surface area contributed by atoms with E-state index in [0.29, 0.717) is 5.82 Å². The van der Waals surface area contributed by atoms with Crippen LogP contribution in [-0.4, -0.2) is 12.1 Å². The van der Waals surface area contributed by atoms with Gasteiger partial charge in [-0.25, -0.2) is 10.8 Å². The van der Waals surface area contributed by atoms with E-state index in [1.807, 2.05) is 25.1 Å². The van der Waals surface area contributed by atoms with Crippen molar-refractivity contribution in [1.29, 1.82) is 0 Å². The number of fused-ring (bicyclic) bond motifs is 1. The molecule has 4 nitrogen and oxygen atoms in total. The van der Waals surface area contributed by atoms with Crippen LogP contribution in [0.1, 0.15) is 5.56 Å². The van der Waals surface area contributed by atoms with E-state index in [1.54, 1.807) is 7.11 Å². The molecule has 0 unspecified atom stereocenters. The Labute approximate surface area is 102 Å². The molecule has 0 saturated carbocycles. The molecule has 5 heteroatoms. The fourth-order valence-electron chi connectivity index (χ4n) is 1.62. The lowest BCUT2D eigenvalue weighted by atomic mass is 10.1. The summed E-state index contributed by atoms with van der Waals surface area (Å²) >= 11 is 3.46. The summed E-state index contributed by atoms with van der Waals surface area (Å²) < 4.78 is 6.21. The van der Waals surface area contributed by atoms with Crippen LogP contribution in [-0.2, 0) is 0 Å². The molecule has 0 atom stereocenters. The third-order valence-corrected chi connectivity index (χ3v) is 3.08. The van der Waals surface area contributed by atoms with E-state index < -0.39 is 0 Å². The van der Waals surface area contributed by atoms with Crippen molar-refractivity contribution >= 4 is 32.7 Å². The zero-order valence-corrected chi connectivity index (χ0v) is 10.6. The molecule has 0 aliphatic rings. The highest BCUT2D eigenvalue weighted by Gasteiger charge is 2.09. The lowest BCUT2D eigenvalue weighted by Crippen LogP contribution is -2.10. The molecule has 0 fully saturated rings. The van der Waals surface area contributed by atoms with Crippen molar-refractivity contribution < 1.29 is 4.74 Å². The number of halogens is 1. The number of aromatic nitrogens is 1. The van der Waals surface area contributed by atoms with Crippen molar-refractivity contribution in [3.05, 3.63) is 28.2 Å². The number of pyridine rings is 1. The van der Waals surface area contributed by atoms with Crippen molar-refractivity contribution in [2.45, 2.75) is 6.92 Å². The van der Waals surface area contributed by atoms with E-state index in [2.05, 4.69) is 26.3 Å². The predicted octanol–water partition coefficient (Wildman–Crippen LogP) is 2.60. The standard InChI is InChI=1S/C11H12BrN3O/c1-6-5-7-9(16-2)4-3-8(12)10(7)14-11(6)15-13/h3-5H,13H2,1-2H3,(H,14,15). The van der Waals surface area contributed by atoms with E-state index in [-0.39, 0.29) is 0 Å². The Balaban J connectivity index is 2.82. The molecule has 0 amide bonds. The van der Waals surface area contributed by atoms with Gasteiger partial charge in [0.05, 0.1) is 12.6 Å². The van der Waals surface area contributed by atoms with Crippen LogP contribution in [0.25, 0.3) is 10.9 Å². The summed E-state index contributed by atoms with van der Waals surface area (Å²) in [6.07, 6.45) is 0. The van der Waals surface area contributed by atoms with Crippen LogP contribution in [0.15, 0.2) is 22.7 Å². The topological polar surface area (TPSA) is 60.2 Å². The van der Waals surface area contributed by atoms with Crippen LogP contribution in [0.3, 0.4) is 0 Å². The number of methoxy groups -OCH3 is 1. The summed E-state index contributed by atoms with van der Waals surface area (Å²) in [6, 6.07) is 5.81. The molecule has 0 aliphatic carbocycles. The number of nitrogen functional groups attached to an aromatic ring is 1. The molecule has 2 aromatic rings. The van der Waals surface area contributed by atoms with Gasteiger partial charge < -0.3 is 10.2 Å². The maximum absolute atomic E-state index is 5.40. The highest BCUT2D eigenvalue weighted by Crippen LogP contribution is 2.32. The molecule has 0 saturated heterocycles. The van der Waals surface area contributed by atoms with Gasteiger partial charge in [-0.15, -0.1) is 0 Å². The summed E-state index contributed by atoms with van der Waals surface area (Å²) in [4.78, 5) is 4.44. The first kappa shape index (κ1) is 11.2. The largest absolute Gasteiger partial charge is 0.496 e. The number of rotatable bonds is 2. The molecule has 84 valence electrons. The monoisotopic (exact) mass is 281 g/mol. The van der Waals surface area contributed by atoms with Crippen molar-refractivity contribution in [2.75, 3.05) is 12.5 Å². The molecule has 0 spiro atoms. The number of nitrogens with zero attached hydrogens (tertiary/aromatic N) is 1. The Morgan fingerprint density at radius 2 is 2.19 bits per heavy atom. The Kier molecular flexibility index (Phi) is 2.98. The first-order chi connectivity index (χ1) is 7.67. The molecule has 2 rings (SSSR count). The fraction of sp³-hybridized carbons (Fsp3) is 0.182. The number of hydrogen-bond donors (Lipinski definition) is 2. The van der Waals surface area contributed by atoms with Crippen LogP contribution in [0.2, 0.25) is 0 Å². The minimum Gasteiger partial charge on any atom is -0.496 e. The number of hydrazine groups is 1. The maximum Gasteiger partial charge on any atom is 0.143 e. The maximum atomic E-state index is 5.40. The lowest BCUT2D eigenvalue weighted by molar-refractivity contribution is 0.419. The third kappa shape index (κ3) is 1.72. The number of benzene rings is 1. The van der Waals surface area contributed by atoms with E-state index >= 15 is 0 Å². The molecular formula is C11H12BrN3O. The van der Waals surface area contributed by atoms with Gasteiger partial charge in [0.15, 0.2) is 0 Å². The average Bonchev–Trinajstić information content (AvgIpc) is 2.29. The summed E-state index contributed by atoms with van der Waals surface area (Å²) in [5.41, 5.74) is 4.39.